The molecular weight excluding hydrogens is 1220 g/mol. The second-order valence-corrected chi connectivity index (χ2v) is 21.8. The van der Waals surface area contributed by atoms with E-state index >= 15 is 0 Å². The number of azo groups is 4. The summed E-state index contributed by atoms with van der Waals surface area (Å²) in [7, 11) is -11.7. The van der Waals surface area contributed by atoms with Crippen LogP contribution in [0.25, 0.3) is 21.5 Å². The molecule has 444 valence electrons. The van der Waals surface area contributed by atoms with Crippen molar-refractivity contribution in [3.63, 3.8) is 0 Å². The number of nitrogens with one attached hydrogen (secondary N) is 2. The van der Waals surface area contributed by atoms with E-state index in [1.165, 1.54) is 55.7 Å². The molecule has 1 aromatic heterocycles. The van der Waals surface area contributed by atoms with Gasteiger partial charge in [-0.2, -0.15) is 88.1 Å². The number of hydrogen-bond donors (Lipinski definition) is 2. The van der Waals surface area contributed by atoms with Gasteiger partial charge >= 0.3 is 96.7 Å². The van der Waals surface area contributed by atoms with Gasteiger partial charge < -0.3 is 24.6 Å². The third-order valence-electron chi connectivity index (χ3n) is 12.4. The summed E-state index contributed by atoms with van der Waals surface area (Å²) in [5, 5.41) is 43.4. The number of anilines is 4. The predicted molar refractivity (Wildman–Crippen MR) is 318 cm³/mol. The summed E-state index contributed by atoms with van der Waals surface area (Å²) in [6.07, 6.45) is 6.11. The van der Waals surface area contributed by atoms with Gasteiger partial charge in [0.05, 0.1) is 43.9 Å². The molecule has 26 nitrogen and oxygen atoms in total. The molecule has 1 fully saturated rings. The summed E-state index contributed by atoms with van der Waals surface area (Å²) in [6, 6.07) is 50.2. The molecule has 0 unspecified atom stereocenters. The van der Waals surface area contributed by atoms with Crippen LogP contribution in [-0.2, 0) is 41.5 Å². The monoisotopic (exact) mass is 1270 g/mol. The SMILES string of the molecule is CNc1nc(Nc2ccc(N=Nc3ccc(N=Nc4cc[c-]cc4)c4c[c-]ccc34)cc2)nc(N(C)C2CCCCC2)n1.Cc1ccc(N=Nc2ccc(N=Nc3ccc(S(=O)(=O)[O-])cc3)c3cc(S(=O)(=O)[O-])ccc23)cc1.O=S(=O)=O.O=S(=O)=O.[HH].[Li+].[Li+].[Li+].[Li+]. The van der Waals surface area contributed by atoms with E-state index in [0.29, 0.717) is 46.0 Å². The molecule has 1 heterocycles. The summed E-state index contributed by atoms with van der Waals surface area (Å²) in [4.78, 5) is 15.1. The van der Waals surface area contributed by atoms with E-state index < -0.39 is 51.2 Å². The van der Waals surface area contributed by atoms with Gasteiger partial charge in [-0.25, -0.2) is 16.8 Å². The Morgan fingerprint density at radius 2 is 0.911 bits per heavy atom. The molecule has 2 N–H and O–H groups in total. The summed E-state index contributed by atoms with van der Waals surface area (Å²) < 4.78 is 119. The zero-order valence-corrected chi connectivity index (χ0v) is 52.8. The average Bonchev–Trinajstić information content (AvgIpc) is 1.11. The molecule has 0 saturated heterocycles. The van der Waals surface area contributed by atoms with Crippen molar-refractivity contribution in [1.29, 1.82) is 0 Å². The molecular formula is C56H50Li4N14O12S4. The molecule has 0 spiro atoms. The van der Waals surface area contributed by atoms with Gasteiger partial charge in [0.2, 0.25) is 17.8 Å². The summed E-state index contributed by atoms with van der Waals surface area (Å²) >= 11 is 0. The van der Waals surface area contributed by atoms with Crippen LogP contribution >= 0.6 is 0 Å². The first kappa shape index (κ1) is 76.8. The van der Waals surface area contributed by atoms with Gasteiger partial charge in [0, 0.05) is 43.7 Å². The van der Waals surface area contributed by atoms with Gasteiger partial charge in [0.25, 0.3) is 0 Å². The van der Waals surface area contributed by atoms with Crippen molar-refractivity contribution in [2.45, 2.75) is 54.9 Å². The van der Waals surface area contributed by atoms with Gasteiger partial charge in [-0.3, -0.25) is 0 Å². The zero-order valence-electron chi connectivity index (χ0n) is 49.5. The fraction of sp³-hybridized carbons (Fsp3) is 0.161. The van der Waals surface area contributed by atoms with E-state index in [9.17, 15) is 25.9 Å². The van der Waals surface area contributed by atoms with Crippen LogP contribution in [0, 0.1) is 19.1 Å². The maximum absolute atomic E-state index is 11.6. The maximum Gasteiger partial charge on any atom is 1.00 e. The first-order valence-corrected chi connectivity index (χ1v) is 30.2. The second kappa shape index (κ2) is 37.0. The Morgan fingerprint density at radius 1 is 0.500 bits per heavy atom. The van der Waals surface area contributed by atoms with Crippen molar-refractivity contribution in [3.05, 3.63) is 175 Å². The van der Waals surface area contributed by atoms with Crippen molar-refractivity contribution in [3.8, 4) is 0 Å². The maximum atomic E-state index is 11.6. The number of benzene rings is 8. The van der Waals surface area contributed by atoms with Crippen LogP contribution in [0.2, 0.25) is 0 Å². The van der Waals surface area contributed by atoms with Crippen LogP contribution in [0.5, 0.6) is 0 Å². The number of rotatable bonds is 15. The van der Waals surface area contributed by atoms with Crippen molar-refractivity contribution in [2.24, 2.45) is 40.9 Å². The van der Waals surface area contributed by atoms with Crippen LogP contribution in [0.15, 0.2) is 208 Å². The molecule has 10 rings (SSSR count). The van der Waals surface area contributed by atoms with E-state index in [2.05, 4.69) is 85.6 Å². The van der Waals surface area contributed by atoms with Crippen LogP contribution in [-0.4, -0.2) is 86.3 Å². The van der Waals surface area contributed by atoms with Crippen molar-refractivity contribution >= 4 is 132 Å². The van der Waals surface area contributed by atoms with E-state index in [1.54, 1.807) is 18.2 Å². The van der Waals surface area contributed by atoms with E-state index in [-0.39, 0.29) is 88.2 Å². The molecule has 90 heavy (non-hydrogen) atoms. The number of nitrogens with zero attached hydrogens (tertiary/aromatic N) is 12. The Morgan fingerprint density at radius 3 is 1.40 bits per heavy atom. The first-order chi connectivity index (χ1) is 41.1. The normalized spacial score (nSPS) is 12.1. The van der Waals surface area contributed by atoms with Crippen LogP contribution in [0.3, 0.4) is 0 Å². The Labute approximate surface area is 571 Å². The van der Waals surface area contributed by atoms with Gasteiger partial charge in [-0.1, -0.05) is 53.8 Å². The van der Waals surface area contributed by atoms with Crippen LogP contribution in [0.1, 0.15) is 39.1 Å². The molecule has 1 aliphatic carbocycles. The first-order valence-electron chi connectivity index (χ1n) is 25.4. The Bertz CT molecular complexity index is 4440. The molecule has 34 heteroatoms. The van der Waals surface area contributed by atoms with Gasteiger partial charge in [-0.15, -0.1) is 47.6 Å². The largest absolute Gasteiger partial charge is 1.00 e. The summed E-state index contributed by atoms with van der Waals surface area (Å²) in [5.41, 5.74) is 6.38. The smallest absolute Gasteiger partial charge is 0.744 e. The van der Waals surface area contributed by atoms with Gasteiger partial charge in [0.1, 0.15) is 20.2 Å². The minimum atomic E-state index is -4.73. The summed E-state index contributed by atoms with van der Waals surface area (Å²) in [6.45, 7) is 1.95. The van der Waals surface area contributed by atoms with Crippen molar-refractivity contribution < 1.29 is 128 Å². The fourth-order valence-corrected chi connectivity index (χ4v) is 9.21. The predicted octanol–water partition coefficient (Wildman–Crippen LogP) is 1.05. The minimum absolute atomic E-state index is 0. The van der Waals surface area contributed by atoms with E-state index in [4.69, 9.17) is 30.2 Å². The molecule has 0 amide bonds. The molecule has 0 aliphatic heterocycles. The number of hydrogen-bond acceptors (Lipinski definition) is 26. The fourth-order valence-electron chi connectivity index (χ4n) is 8.25. The van der Waals surface area contributed by atoms with Gasteiger partial charge in [0.15, 0.2) is 0 Å². The van der Waals surface area contributed by atoms with Gasteiger partial charge in [-0.05, 0) is 123 Å². The minimum Gasteiger partial charge on any atom is -0.744 e. The zero-order chi connectivity index (χ0) is 61.8. The quantitative estimate of drug-likeness (QED) is 0.0627. The average molecular weight is 1270 g/mol. The molecule has 0 atom stereocenters. The molecule has 9 aromatic rings. The molecule has 1 aliphatic rings. The number of fused-ring (bicyclic) bond motifs is 2. The second-order valence-electron chi connectivity index (χ2n) is 18.2. The molecule has 1 saturated carbocycles. The third-order valence-corrected chi connectivity index (χ3v) is 14.1. The summed E-state index contributed by atoms with van der Waals surface area (Å²) in [5.74, 6) is 1.67. The topological polar surface area (TPSA) is 382 Å². The Hall–Kier alpha value is -7.46. The molecule has 8 aromatic carbocycles. The Kier molecular flexibility index (Phi) is 31.6. The van der Waals surface area contributed by atoms with E-state index in [1.807, 2.05) is 105 Å². The van der Waals surface area contributed by atoms with Crippen LogP contribution < -0.4 is 91.0 Å². The molecule has 0 radical (unpaired) electrons. The van der Waals surface area contributed by atoms with Crippen LogP contribution in [0.4, 0.5) is 69.0 Å². The Balaban J connectivity index is 0.000000536. The van der Waals surface area contributed by atoms with Crippen molar-refractivity contribution in [1.82, 2.24) is 15.0 Å². The molecule has 0 bridgehead atoms. The number of aromatic nitrogens is 3. The van der Waals surface area contributed by atoms with E-state index in [0.717, 1.165) is 69.7 Å². The van der Waals surface area contributed by atoms with Crippen molar-refractivity contribution in [2.75, 3.05) is 29.6 Å². The number of aryl methyl sites for hydroxylation is 1. The standard InChI is InChI=1S/C33H32N10.C23H18N4O6S2.4Li.2O3S.H2/c1-34-31-36-32(38-33(37-31)43(2)26-13-7-4-8-14-26)35-23-17-19-25(20-18-23)40-42-30-22-21-29(27-15-9-10-16-28(27)30)41-39-24-11-5-3-6-12-24;1-15-2-4-16(5-3-15)24-26-22-12-13-23(21-14-19(35(31,32)33)10-11-20(21)22)27-25-17-6-8-18(9-7-17)34(28,29)30;;;;;2*1-4(2)3;/h5-6,10-12,15-22,26H,4,7-8,13-14H2,1-2H3,(H2,34,35,36,37,38);2-14H,1H3,(H,28,29,30)(H,31,32,33);;;;;;;1H/q-2;;4*+1;;;/p-2. The third kappa shape index (κ3) is 23.7.